The van der Waals surface area contributed by atoms with Crippen molar-refractivity contribution < 1.29 is 37.6 Å². The lowest BCUT2D eigenvalue weighted by Gasteiger charge is -2.19. The Labute approximate surface area is 509 Å². The predicted molar refractivity (Wildman–Crippen MR) is 357 cm³/mol. The van der Waals surface area contributed by atoms with Crippen molar-refractivity contribution in [1.29, 1.82) is 0 Å². The van der Waals surface area contributed by atoms with Crippen LogP contribution in [0.4, 0.5) is 0 Å². The molecule has 0 bridgehead atoms. The third kappa shape index (κ3) is 66.6. The van der Waals surface area contributed by atoms with Crippen LogP contribution in [-0.4, -0.2) is 49.3 Å². The van der Waals surface area contributed by atoms with Crippen molar-refractivity contribution in [1.82, 2.24) is 0 Å². The molecule has 0 saturated heterocycles. The normalized spacial score (nSPS) is 14.0. The quantitative estimate of drug-likeness (QED) is 0.0264. The van der Waals surface area contributed by atoms with E-state index in [0.29, 0.717) is 6.42 Å². The second kappa shape index (κ2) is 66.8. The van der Waals surface area contributed by atoms with Crippen LogP contribution in [0.2, 0.25) is 0 Å². The van der Waals surface area contributed by atoms with Gasteiger partial charge >= 0.3 is 19.8 Å². The Morgan fingerprint density at radius 1 is 0.361 bits per heavy atom. The van der Waals surface area contributed by atoms with E-state index in [0.717, 1.165) is 135 Å². The van der Waals surface area contributed by atoms with Crippen LogP contribution in [0.15, 0.2) is 158 Å². The average Bonchev–Trinajstić information content (AvgIpc) is 3.49. The van der Waals surface area contributed by atoms with Gasteiger partial charge in [0.2, 0.25) is 0 Å². The van der Waals surface area contributed by atoms with E-state index in [4.69, 9.17) is 24.3 Å². The first-order chi connectivity index (χ1) is 40.8. The van der Waals surface area contributed by atoms with Gasteiger partial charge in [0, 0.05) is 19.4 Å². The molecule has 0 aromatic carbocycles. The largest absolute Gasteiger partial charge is 0.472 e. The first-order valence-electron chi connectivity index (χ1n) is 33.0. The van der Waals surface area contributed by atoms with E-state index >= 15 is 0 Å². The van der Waals surface area contributed by atoms with E-state index < -0.39 is 26.5 Å². The van der Waals surface area contributed by atoms with Crippen LogP contribution in [0.25, 0.3) is 0 Å². The fourth-order valence-corrected chi connectivity index (χ4v) is 9.39. The summed E-state index contributed by atoms with van der Waals surface area (Å²) in [5.74, 6) is -0.843. The Bertz CT molecular complexity index is 1920. The van der Waals surface area contributed by atoms with Crippen molar-refractivity contribution in [2.45, 2.75) is 264 Å². The first-order valence-corrected chi connectivity index (χ1v) is 34.5. The Morgan fingerprint density at radius 2 is 0.627 bits per heavy atom. The zero-order valence-electron chi connectivity index (χ0n) is 52.6. The van der Waals surface area contributed by atoms with Gasteiger partial charge in [-0.2, -0.15) is 0 Å². The summed E-state index contributed by atoms with van der Waals surface area (Å²) in [7, 11) is -4.40. The van der Waals surface area contributed by atoms with E-state index in [9.17, 15) is 19.0 Å². The fourth-order valence-electron chi connectivity index (χ4n) is 8.62. The molecule has 0 heterocycles. The summed E-state index contributed by atoms with van der Waals surface area (Å²) in [6, 6.07) is 0. The smallest absolute Gasteiger partial charge is 0.462 e. The van der Waals surface area contributed by atoms with Crippen molar-refractivity contribution in [2.75, 3.05) is 26.4 Å². The number of unbranched alkanes of at least 4 members (excludes halogenated alkanes) is 21. The van der Waals surface area contributed by atoms with Crippen molar-refractivity contribution >= 4 is 19.8 Å². The van der Waals surface area contributed by atoms with E-state index in [1.165, 1.54) is 89.9 Å². The molecule has 3 N–H and O–H groups in total. The van der Waals surface area contributed by atoms with Gasteiger partial charge in [-0.25, -0.2) is 4.57 Å². The van der Waals surface area contributed by atoms with Crippen LogP contribution in [0.5, 0.6) is 0 Å². The summed E-state index contributed by atoms with van der Waals surface area (Å²) in [5.41, 5.74) is 5.39. The maximum atomic E-state index is 12.8. The maximum absolute atomic E-state index is 12.8. The Morgan fingerprint density at radius 3 is 0.928 bits per heavy atom. The van der Waals surface area contributed by atoms with Gasteiger partial charge in [0.15, 0.2) is 6.10 Å². The highest BCUT2D eigenvalue weighted by atomic mass is 31.2. The fraction of sp³-hybridized carbons (Fsp3) is 0.616. The molecule has 2 unspecified atom stereocenters. The summed E-state index contributed by atoms with van der Waals surface area (Å²) >= 11 is 0. The number of esters is 2. The molecule has 470 valence electrons. The number of phosphoric ester groups is 1. The molecule has 0 radical (unpaired) electrons. The standard InChI is InChI=1S/C73H120NO8P/c1-3-5-7-9-11-13-15-17-19-21-23-25-27-29-30-31-32-33-34-35-36-37-38-39-40-42-44-46-48-50-52-54-56-58-60-62-64-66-73(76)82-71(70-81-83(77,78)80-68-67-74)69-79-72(75)65-63-61-59-57-55-53-51-49-47-45-43-41-28-26-24-22-20-18-16-14-12-10-8-6-4-2/h5-8,11-14,17-20,23-26,29-30,32-33,35-36,38-39,42,44,71H,3-4,9-10,15-16,21-22,27-28,31,34,37,40-41,43,45-70,74H2,1-2H3,(H,77,78)/b7-5-,8-6-,13-11-,14-12-,19-17-,20-18-,25-23-,26-24-,30-29-,33-32-,36-35-,39-38-,44-42-. The zero-order chi connectivity index (χ0) is 60.1. The van der Waals surface area contributed by atoms with Gasteiger partial charge in [-0.3, -0.25) is 18.6 Å². The molecule has 0 saturated carbocycles. The average molecular weight is 1170 g/mol. The number of rotatable bonds is 60. The van der Waals surface area contributed by atoms with Gasteiger partial charge in [-0.15, -0.1) is 0 Å². The van der Waals surface area contributed by atoms with Crippen molar-refractivity contribution in [3.05, 3.63) is 158 Å². The molecule has 0 aliphatic rings. The molecular formula is C73H120NO8P. The van der Waals surface area contributed by atoms with Gasteiger partial charge in [-0.1, -0.05) is 281 Å². The van der Waals surface area contributed by atoms with E-state index in [1.807, 2.05) is 0 Å². The van der Waals surface area contributed by atoms with Crippen LogP contribution in [0.1, 0.15) is 258 Å². The van der Waals surface area contributed by atoms with Gasteiger partial charge in [-0.05, 0) is 122 Å². The maximum Gasteiger partial charge on any atom is 0.472 e. The molecule has 0 amide bonds. The number of nitrogens with two attached hydrogens (primary N) is 1. The predicted octanol–water partition coefficient (Wildman–Crippen LogP) is 21.6. The Balaban J connectivity index is 3.99. The summed E-state index contributed by atoms with van der Waals surface area (Å²) in [6.45, 7) is 3.51. The molecule has 83 heavy (non-hydrogen) atoms. The monoisotopic (exact) mass is 1170 g/mol. The number of ether oxygens (including phenoxy) is 2. The number of phosphoric acid groups is 1. The third-order valence-electron chi connectivity index (χ3n) is 13.4. The molecule has 0 aliphatic heterocycles. The molecule has 0 fully saturated rings. The van der Waals surface area contributed by atoms with Crippen molar-refractivity contribution in [2.24, 2.45) is 5.73 Å². The molecule has 9 nitrogen and oxygen atoms in total. The van der Waals surface area contributed by atoms with Crippen LogP contribution in [-0.2, 0) is 32.7 Å². The second-order valence-corrected chi connectivity index (χ2v) is 22.7. The highest BCUT2D eigenvalue weighted by Gasteiger charge is 2.26. The lowest BCUT2D eigenvalue weighted by molar-refractivity contribution is -0.161. The van der Waals surface area contributed by atoms with E-state index in [2.05, 4.69) is 172 Å². The number of hydrogen-bond acceptors (Lipinski definition) is 8. The minimum Gasteiger partial charge on any atom is -0.462 e. The summed E-state index contributed by atoms with van der Waals surface area (Å²) < 4.78 is 33.1. The molecular weight excluding hydrogens is 1050 g/mol. The molecule has 0 aliphatic carbocycles. The minimum absolute atomic E-state index is 0.0447. The molecule has 2 atom stereocenters. The number of hydrogen-bond donors (Lipinski definition) is 2. The highest BCUT2D eigenvalue weighted by molar-refractivity contribution is 7.47. The molecule has 0 aromatic rings. The number of allylic oxidation sites excluding steroid dienone is 26. The number of carbonyl (C=O) groups is 2. The topological polar surface area (TPSA) is 134 Å². The molecule has 0 aromatic heterocycles. The van der Waals surface area contributed by atoms with Crippen LogP contribution < -0.4 is 5.73 Å². The van der Waals surface area contributed by atoms with Crippen LogP contribution in [0, 0.1) is 0 Å². The van der Waals surface area contributed by atoms with Gasteiger partial charge < -0.3 is 20.1 Å². The number of carbonyl (C=O) groups excluding carboxylic acids is 2. The van der Waals surface area contributed by atoms with Crippen molar-refractivity contribution in [3.63, 3.8) is 0 Å². The molecule has 0 rings (SSSR count). The molecule has 0 spiro atoms. The van der Waals surface area contributed by atoms with Gasteiger partial charge in [0.05, 0.1) is 13.2 Å². The zero-order valence-corrected chi connectivity index (χ0v) is 53.5. The minimum atomic E-state index is -4.40. The summed E-state index contributed by atoms with van der Waals surface area (Å²) in [4.78, 5) is 35.3. The lowest BCUT2D eigenvalue weighted by Crippen LogP contribution is -2.29. The first kappa shape index (κ1) is 78.6. The Hall–Kier alpha value is -4.37. The van der Waals surface area contributed by atoms with E-state index in [1.54, 1.807) is 0 Å². The lowest BCUT2D eigenvalue weighted by atomic mass is 10.0. The van der Waals surface area contributed by atoms with Gasteiger partial charge in [0.25, 0.3) is 0 Å². The van der Waals surface area contributed by atoms with E-state index in [-0.39, 0.29) is 38.6 Å². The second-order valence-electron chi connectivity index (χ2n) is 21.2. The highest BCUT2D eigenvalue weighted by Crippen LogP contribution is 2.43. The third-order valence-corrected chi connectivity index (χ3v) is 14.4. The van der Waals surface area contributed by atoms with Gasteiger partial charge in [0.1, 0.15) is 6.61 Å². The molecule has 10 heteroatoms. The SMILES string of the molecule is CC/C=C\C/C=C\C/C=C\C/C=C\C/C=C\C/C=C\C/C=C\C/C=C\C/C=C\CCCCCCCCCCCC(=O)OC(COC(=O)CCCCCCCCCCCCCC/C=C\C/C=C\C/C=C\C/C=C\CC)COP(=O)(O)OCCN. The van der Waals surface area contributed by atoms with Crippen molar-refractivity contribution in [3.8, 4) is 0 Å². The Kier molecular flexibility index (Phi) is 63.3. The summed E-state index contributed by atoms with van der Waals surface area (Å²) in [5, 5.41) is 0. The van der Waals surface area contributed by atoms with Crippen LogP contribution in [0.3, 0.4) is 0 Å². The summed E-state index contributed by atoms with van der Waals surface area (Å²) in [6.07, 6.45) is 97.4. The van der Waals surface area contributed by atoms with Crippen LogP contribution >= 0.6 is 7.82 Å².